The minimum Gasteiger partial charge on any atom is -0.444 e. The van der Waals surface area contributed by atoms with Gasteiger partial charge in [0.05, 0.1) is 0 Å². The Kier molecular flexibility index (Phi) is 4.60. The van der Waals surface area contributed by atoms with E-state index in [-0.39, 0.29) is 6.09 Å². The number of benzene rings is 1. The molecule has 2 N–H and O–H groups in total. The first-order chi connectivity index (χ1) is 9.85. The Morgan fingerprint density at radius 3 is 2.62 bits per heavy atom. The Labute approximate surface area is 126 Å². The second-order valence-electron chi connectivity index (χ2n) is 6.40. The first kappa shape index (κ1) is 15.5. The summed E-state index contributed by atoms with van der Waals surface area (Å²) in [6, 6.07) is 7.87. The van der Waals surface area contributed by atoms with Gasteiger partial charge in [-0.25, -0.2) is 4.79 Å². The first-order valence-corrected chi connectivity index (χ1v) is 7.43. The lowest BCUT2D eigenvalue weighted by atomic mass is 10.2. The fourth-order valence-electron chi connectivity index (χ4n) is 2.41. The fourth-order valence-corrected chi connectivity index (χ4v) is 2.41. The lowest BCUT2D eigenvalue weighted by Gasteiger charge is -2.27. The number of carbonyl (C=O) groups excluding carboxylic acids is 1. The predicted octanol–water partition coefficient (Wildman–Crippen LogP) is 2.72. The molecule has 0 aromatic heterocycles. The van der Waals surface area contributed by atoms with Crippen LogP contribution in [0, 0.1) is 0 Å². The average Bonchev–Trinajstić information content (AvgIpc) is 2.62. The average molecular weight is 291 g/mol. The van der Waals surface area contributed by atoms with Crippen LogP contribution in [0.5, 0.6) is 0 Å². The summed E-state index contributed by atoms with van der Waals surface area (Å²) in [4.78, 5) is 16.2. The zero-order valence-corrected chi connectivity index (χ0v) is 13.1. The lowest BCUT2D eigenvalue weighted by molar-refractivity contribution is 0.0263. The normalized spacial score (nSPS) is 16.5. The van der Waals surface area contributed by atoms with Gasteiger partial charge in [0.1, 0.15) is 5.60 Å². The van der Waals surface area contributed by atoms with E-state index in [1.807, 2.05) is 39.0 Å². The van der Waals surface area contributed by atoms with Crippen molar-refractivity contribution in [1.82, 2.24) is 4.90 Å². The second kappa shape index (κ2) is 6.24. The summed E-state index contributed by atoms with van der Waals surface area (Å²) >= 11 is 0. The highest BCUT2D eigenvalue weighted by Crippen LogP contribution is 2.20. The number of hydrogen-bond acceptors (Lipinski definition) is 4. The van der Waals surface area contributed by atoms with Crippen molar-refractivity contribution >= 4 is 17.5 Å². The molecule has 21 heavy (non-hydrogen) atoms. The summed E-state index contributed by atoms with van der Waals surface area (Å²) in [5.74, 6) is 0. The molecule has 1 aliphatic heterocycles. The van der Waals surface area contributed by atoms with Crippen LogP contribution >= 0.6 is 0 Å². The Balaban J connectivity index is 1.97. The Morgan fingerprint density at radius 2 is 1.95 bits per heavy atom. The molecule has 5 heteroatoms. The van der Waals surface area contributed by atoms with Gasteiger partial charge in [-0.05, 0) is 45.4 Å². The van der Waals surface area contributed by atoms with Crippen LogP contribution in [0.25, 0.3) is 0 Å². The van der Waals surface area contributed by atoms with Crippen LogP contribution in [0.1, 0.15) is 27.2 Å². The zero-order chi connectivity index (χ0) is 15.5. The molecular weight excluding hydrogens is 266 g/mol. The van der Waals surface area contributed by atoms with E-state index in [4.69, 9.17) is 10.5 Å². The molecule has 0 unspecified atom stereocenters. The molecule has 1 aromatic rings. The van der Waals surface area contributed by atoms with Gasteiger partial charge in [0.15, 0.2) is 0 Å². The third-order valence-electron chi connectivity index (χ3n) is 3.38. The standard InChI is InChI=1S/C16H25N3O2/c1-16(2,3)21-15(20)19-9-5-8-18(10-11-19)14-7-4-6-13(17)12-14/h4,6-7,12H,5,8-11,17H2,1-3H3. The molecule has 1 fully saturated rings. The number of nitrogens with zero attached hydrogens (tertiary/aromatic N) is 2. The highest BCUT2D eigenvalue weighted by molar-refractivity contribution is 5.68. The fraction of sp³-hybridized carbons (Fsp3) is 0.562. The zero-order valence-electron chi connectivity index (χ0n) is 13.1. The summed E-state index contributed by atoms with van der Waals surface area (Å²) in [5.41, 5.74) is 7.27. The molecule has 0 radical (unpaired) electrons. The van der Waals surface area contributed by atoms with Crippen molar-refractivity contribution in [1.29, 1.82) is 0 Å². The van der Waals surface area contributed by atoms with E-state index in [9.17, 15) is 4.79 Å². The van der Waals surface area contributed by atoms with Gasteiger partial charge < -0.3 is 20.3 Å². The van der Waals surface area contributed by atoms with Crippen LogP contribution in [0.3, 0.4) is 0 Å². The monoisotopic (exact) mass is 291 g/mol. The molecule has 0 bridgehead atoms. The second-order valence-corrected chi connectivity index (χ2v) is 6.40. The topological polar surface area (TPSA) is 58.8 Å². The molecule has 0 aliphatic carbocycles. The molecule has 1 amide bonds. The molecule has 1 saturated heterocycles. The number of ether oxygens (including phenoxy) is 1. The third kappa shape index (κ3) is 4.55. The molecule has 1 aromatic carbocycles. The van der Waals surface area contributed by atoms with Crippen molar-refractivity contribution in [2.75, 3.05) is 36.8 Å². The van der Waals surface area contributed by atoms with E-state index in [2.05, 4.69) is 11.0 Å². The molecule has 0 saturated carbocycles. The Hall–Kier alpha value is -1.91. The largest absolute Gasteiger partial charge is 0.444 e. The van der Waals surface area contributed by atoms with Gasteiger partial charge in [-0.1, -0.05) is 6.07 Å². The summed E-state index contributed by atoms with van der Waals surface area (Å²) in [7, 11) is 0. The van der Waals surface area contributed by atoms with Gasteiger partial charge in [0, 0.05) is 37.6 Å². The highest BCUT2D eigenvalue weighted by atomic mass is 16.6. The molecule has 116 valence electrons. The van der Waals surface area contributed by atoms with E-state index in [1.165, 1.54) is 0 Å². The van der Waals surface area contributed by atoms with Crippen molar-refractivity contribution in [2.24, 2.45) is 0 Å². The maximum atomic E-state index is 12.1. The van der Waals surface area contributed by atoms with Crippen LogP contribution < -0.4 is 10.6 Å². The van der Waals surface area contributed by atoms with E-state index < -0.39 is 5.60 Å². The van der Waals surface area contributed by atoms with E-state index in [0.29, 0.717) is 6.54 Å². The van der Waals surface area contributed by atoms with Gasteiger partial charge in [0.25, 0.3) is 0 Å². The van der Waals surface area contributed by atoms with Gasteiger partial charge >= 0.3 is 6.09 Å². The Bertz CT molecular complexity index is 497. The number of nitrogen functional groups attached to an aromatic ring is 1. The SMILES string of the molecule is CC(C)(C)OC(=O)N1CCCN(c2cccc(N)c2)CC1. The number of amides is 1. The van der Waals surface area contributed by atoms with Crippen LogP contribution in [0.4, 0.5) is 16.2 Å². The van der Waals surface area contributed by atoms with Gasteiger partial charge in [0.2, 0.25) is 0 Å². The van der Waals surface area contributed by atoms with Crippen LogP contribution in [-0.2, 0) is 4.74 Å². The molecule has 2 rings (SSSR count). The molecule has 1 aliphatic rings. The minimum absolute atomic E-state index is 0.225. The van der Waals surface area contributed by atoms with Gasteiger partial charge in [-0.2, -0.15) is 0 Å². The molecular formula is C16H25N3O2. The highest BCUT2D eigenvalue weighted by Gasteiger charge is 2.24. The van der Waals surface area contributed by atoms with Gasteiger partial charge in [-0.3, -0.25) is 0 Å². The van der Waals surface area contributed by atoms with E-state index in [1.54, 1.807) is 4.90 Å². The number of anilines is 2. The van der Waals surface area contributed by atoms with E-state index in [0.717, 1.165) is 37.4 Å². The molecule has 0 spiro atoms. The number of hydrogen-bond donors (Lipinski definition) is 1. The Morgan fingerprint density at radius 1 is 1.19 bits per heavy atom. The van der Waals surface area contributed by atoms with Crippen molar-refractivity contribution in [2.45, 2.75) is 32.8 Å². The maximum absolute atomic E-state index is 12.1. The summed E-state index contributed by atoms with van der Waals surface area (Å²) in [5, 5.41) is 0. The maximum Gasteiger partial charge on any atom is 0.410 e. The first-order valence-electron chi connectivity index (χ1n) is 7.43. The molecule has 1 heterocycles. The van der Waals surface area contributed by atoms with Gasteiger partial charge in [-0.15, -0.1) is 0 Å². The van der Waals surface area contributed by atoms with Crippen LogP contribution in [-0.4, -0.2) is 42.8 Å². The predicted molar refractivity (Wildman–Crippen MR) is 85.5 cm³/mol. The number of carbonyl (C=O) groups is 1. The van der Waals surface area contributed by atoms with Crippen molar-refractivity contribution < 1.29 is 9.53 Å². The number of nitrogens with two attached hydrogens (primary N) is 1. The summed E-state index contributed by atoms with van der Waals surface area (Å²) < 4.78 is 5.44. The summed E-state index contributed by atoms with van der Waals surface area (Å²) in [6.45, 7) is 8.79. The molecule has 0 atom stereocenters. The van der Waals surface area contributed by atoms with Crippen molar-refractivity contribution in [3.63, 3.8) is 0 Å². The van der Waals surface area contributed by atoms with E-state index >= 15 is 0 Å². The summed E-state index contributed by atoms with van der Waals surface area (Å²) in [6.07, 6.45) is 0.700. The smallest absolute Gasteiger partial charge is 0.410 e. The van der Waals surface area contributed by atoms with Crippen LogP contribution in [0.15, 0.2) is 24.3 Å². The van der Waals surface area contributed by atoms with Crippen molar-refractivity contribution in [3.05, 3.63) is 24.3 Å². The quantitative estimate of drug-likeness (QED) is 0.808. The number of rotatable bonds is 1. The minimum atomic E-state index is -0.447. The lowest BCUT2D eigenvalue weighted by Crippen LogP contribution is -2.39. The molecule has 5 nitrogen and oxygen atoms in total. The van der Waals surface area contributed by atoms with Crippen molar-refractivity contribution in [3.8, 4) is 0 Å². The third-order valence-corrected chi connectivity index (χ3v) is 3.38. The van der Waals surface area contributed by atoms with Crippen LogP contribution in [0.2, 0.25) is 0 Å².